The third kappa shape index (κ3) is 5.10. The van der Waals surface area contributed by atoms with Gasteiger partial charge in [-0.05, 0) is 68.6 Å². The summed E-state index contributed by atoms with van der Waals surface area (Å²) in [4.78, 5) is 41.3. The van der Waals surface area contributed by atoms with Crippen molar-refractivity contribution in [1.29, 1.82) is 0 Å². The number of carbonyl (C=O) groups excluding carboxylic acids is 3. The van der Waals surface area contributed by atoms with Crippen LogP contribution in [0.5, 0.6) is 11.5 Å². The molecule has 4 N–H and O–H groups in total. The standard InChI is InChI=1S/C29H33N5O4S/c1-2-23(35)31-20-9-6-10-21(20)32-27(36)26-25-24-22(15-16-30-28(24)39-26)34(29(37)33-25)17-11-13-19(14-12-17)38-18-7-4-3-5-8-18/h3-5,7-8,11-14,20-22,24,28,30H,2,6,9-10,15-16H2,1H3,(H,31,35)(H,32,36)(H,33,37)/t20-,21+,22?,24?,28?/m0/s1. The van der Waals surface area contributed by atoms with Gasteiger partial charge in [0, 0.05) is 35.8 Å². The van der Waals surface area contributed by atoms with Gasteiger partial charge in [-0.2, -0.15) is 0 Å². The van der Waals surface area contributed by atoms with E-state index < -0.39 is 0 Å². The summed E-state index contributed by atoms with van der Waals surface area (Å²) in [6.07, 6.45) is 3.83. The van der Waals surface area contributed by atoms with E-state index in [9.17, 15) is 14.4 Å². The molecule has 6 rings (SSSR count). The molecule has 0 aromatic heterocycles. The molecule has 1 aliphatic carbocycles. The van der Waals surface area contributed by atoms with E-state index >= 15 is 0 Å². The summed E-state index contributed by atoms with van der Waals surface area (Å²) < 4.78 is 5.92. The lowest BCUT2D eigenvalue weighted by atomic mass is 9.86. The Bertz CT molecular complexity index is 1280. The fourth-order valence-electron chi connectivity index (χ4n) is 6.07. The summed E-state index contributed by atoms with van der Waals surface area (Å²) in [5, 5.41) is 12.8. The molecule has 4 amide bonds. The Labute approximate surface area is 232 Å². The van der Waals surface area contributed by atoms with Crippen LogP contribution in [0.4, 0.5) is 10.5 Å². The lowest BCUT2D eigenvalue weighted by molar-refractivity contribution is -0.122. The third-order valence-electron chi connectivity index (χ3n) is 7.94. The summed E-state index contributed by atoms with van der Waals surface area (Å²) in [5.41, 5.74) is 1.50. The predicted molar refractivity (Wildman–Crippen MR) is 150 cm³/mol. The lowest BCUT2D eigenvalue weighted by Crippen LogP contribution is -2.62. The number of rotatable bonds is 7. The molecule has 9 nitrogen and oxygen atoms in total. The van der Waals surface area contributed by atoms with Gasteiger partial charge < -0.3 is 26.0 Å². The van der Waals surface area contributed by atoms with E-state index in [2.05, 4.69) is 21.3 Å². The van der Waals surface area contributed by atoms with Gasteiger partial charge in [-0.15, -0.1) is 0 Å². The van der Waals surface area contributed by atoms with E-state index in [-0.39, 0.29) is 47.3 Å². The van der Waals surface area contributed by atoms with Gasteiger partial charge in [-0.25, -0.2) is 4.79 Å². The number of urea groups is 1. The molecule has 204 valence electrons. The van der Waals surface area contributed by atoms with Crippen molar-refractivity contribution in [3.8, 4) is 11.5 Å². The largest absolute Gasteiger partial charge is 0.457 e. The van der Waals surface area contributed by atoms with Crippen LogP contribution in [0.1, 0.15) is 39.0 Å². The molecule has 2 aromatic rings. The van der Waals surface area contributed by atoms with E-state index in [0.29, 0.717) is 22.8 Å². The minimum absolute atomic E-state index is 0.00227. The van der Waals surface area contributed by atoms with E-state index in [1.807, 2.05) is 66.4 Å². The molecule has 5 atom stereocenters. The predicted octanol–water partition coefficient (Wildman–Crippen LogP) is 3.83. The van der Waals surface area contributed by atoms with Crippen molar-refractivity contribution in [2.24, 2.45) is 5.92 Å². The summed E-state index contributed by atoms with van der Waals surface area (Å²) >= 11 is 1.49. The van der Waals surface area contributed by atoms with Crippen molar-refractivity contribution in [3.05, 3.63) is 65.2 Å². The monoisotopic (exact) mass is 547 g/mol. The summed E-state index contributed by atoms with van der Waals surface area (Å²) in [7, 11) is 0. The zero-order valence-corrected chi connectivity index (χ0v) is 22.6. The van der Waals surface area contributed by atoms with Crippen molar-refractivity contribution in [2.45, 2.75) is 62.5 Å². The second-order valence-electron chi connectivity index (χ2n) is 10.4. The maximum absolute atomic E-state index is 13.5. The second kappa shape index (κ2) is 10.9. The van der Waals surface area contributed by atoms with Crippen LogP contribution in [-0.4, -0.2) is 47.9 Å². The zero-order valence-electron chi connectivity index (χ0n) is 21.8. The average molecular weight is 548 g/mol. The van der Waals surface area contributed by atoms with Gasteiger partial charge in [-0.3, -0.25) is 14.5 Å². The molecule has 0 radical (unpaired) electrons. The van der Waals surface area contributed by atoms with Crippen LogP contribution >= 0.6 is 11.8 Å². The highest BCUT2D eigenvalue weighted by atomic mass is 32.2. The first kappa shape index (κ1) is 25.8. The number of hydrogen-bond donors (Lipinski definition) is 4. The number of benzene rings is 2. The SMILES string of the molecule is CCC(=O)N[C@H]1CCC[C@H]1NC(=O)C1=C2NC(=O)N(c3ccc(Oc4ccccc4)cc3)C3CCNC(S1)C23. The number of carbonyl (C=O) groups is 3. The molecular formula is C29H33N5O4S. The molecule has 3 heterocycles. The summed E-state index contributed by atoms with van der Waals surface area (Å²) in [5.74, 6) is 1.24. The van der Waals surface area contributed by atoms with Crippen molar-refractivity contribution in [2.75, 3.05) is 11.4 Å². The van der Waals surface area contributed by atoms with Gasteiger partial charge in [0.15, 0.2) is 0 Å². The van der Waals surface area contributed by atoms with Crippen molar-refractivity contribution >= 4 is 35.3 Å². The highest BCUT2D eigenvalue weighted by Crippen LogP contribution is 2.48. The van der Waals surface area contributed by atoms with Crippen LogP contribution in [-0.2, 0) is 9.59 Å². The van der Waals surface area contributed by atoms with Gasteiger partial charge in [-0.1, -0.05) is 36.9 Å². The van der Waals surface area contributed by atoms with E-state index in [0.717, 1.165) is 43.7 Å². The van der Waals surface area contributed by atoms with Crippen LogP contribution in [0.3, 0.4) is 0 Å². The first-order chi connectivity index (χ1) is 19.0. The van der Waals surface area contributed by atoms with Gasteiger partial charge in [0.05, 0.1) is 16.3 Å². The fraction of sp³-hybridized carbons (Fsp3) is 0.414. The quantitative estimate of drug-likeness (QED) is 0.419. The first-order valence-electron chi connectivity index (χ1n) is 13.7. The Morgan fingerprint density at radius 2 is 1.72 bits per heavy atom. The van der Waals surface area contributed by atoms with Crippen molar-refractivity contribution < 1.29 is 19.1 Å². The maximum Gasteiger partial charge on any atom is 0.326 e. The first-order valence-corrected chi connectivity index (χ1v) is 14.6. The highest BCUT2D eigenvalue weighted by molar-refractivity contribution is 8.04. The molecule has 3 unspecified atom stereocenters. The molecule has 1 saturated carbocycles. The van der Waals surface area contributed by atoms with Crippen molar-refractivity contribution in [3.63, 3.8) is 0 Å². The number of anilines is 1. The number of hydrogen-bond acceptors (Lipinski definition) is 6. The smallest absolute Gasteiger partial charge is 0.326 e. The Morgan fingerprint density at radius 1 is 1.00 bits per heavy atom. The molecule has 2 aromatic carbocycles. The summed E-state index contributed by atoms with van der Waals surface area (Å²) in [6.45, 7) is 2.58. The number of piperidine rings is 1. The Morgan fingerprint density at radius 3 is 2.46 bits per heavy atom. The minimum Gasteiger partial charge on any atom is -0.457 e. The van der Waals surface area contributed by atoms with Crippen molar-refractivity contribution in [1.82, 2.24) is 21.3 Å². The van der Waals surface area contributed by atoms with E-state index in [4.69, 9.17) is 4.74 Å². The molecule has 3 aliphatic heterocycles. The highest BCUT2D eigenvalue weighted by Gasteiger charge is 2.52. The van der Waals surface area contributed by atoms with Crippen LogP contribution in [0.2, 0.25) is 0 Å². The van der Waals surface area contributed by atoms with E-state index in [1.165, 1.54) is 11.8 Å². The zero-order chi connectivity index (χ0) is 26.9. The molecule has 0 bridgehead atoms. The Kier molecular flexibility index (Phi) is 7.22. The van der Waals surface area contributed by atoms with Crippen LogP contribution in [0.25, 0.3) is 0 Å². The number of para-hydroxylation sites is 1. The van der Waals surface area contributed by atoms with Gasteiger partial charge in [0.2, 0.25) is 5.91 Å². The number of amides is 4. The van der Waals surface area contributed by atoms with Gasteiger partial charge >= 0.3 is 6.03 Å². The van der Waals surface area contributed by atoms with Crippen LogP contribution in [0, 0.1) is 5.92 Å². The molecule has 0 spiro atoms. The summed E-state index contributed by atoms with van der Waals surface area (Å²) in [6, 6.07) is 16.7. The Balaban J connectivity index is 1.19. The molecular weight excluding hydrogens is 514 g/mol. The third-order valence-corrected chi connectivity index (χ3v) is 9.30. The topological polar surface area (TPSA) is 112 Å². The van der Waals surface area contributed by atoms with Crippen LogP contribution in [0.15, 0.2) is 65.2 Å². The van der Waals surface area contributed by atoms with Gasteiger partial charge in [0.25, 0.3) is 5.91 Å². The normalized spacial score (nSPS) is 27.6. The average Bonchev–Trinajstić information content (AvgIpc) is 3.54. The molecule has 3 fully saturated rings. The Hall–Kier alpha value is -3.50. The fourth-order valence-corrected chi connectivity index (χ4v) is 7.47. The number of nitrogens with one attached hydrogen (secondary N) is 4. The molecule has 2 saturated heterocycles. The second-order valence-corrected chi connectivity index (χ2v) is 11.5. The maximum atomic E-state index is 13.5. The number of ether oxygens (including phenoxy) is 1. The minimum atomic E-state index is -0.231. The number of nitrogens with zero attached hydrogens (tertiary/aromatic N) is 1. The van der Waals surface area contributed by atoms with E-state index in [1.54, 1.807) is 0 Å². The molecule has 39 heavy (non-hydrogen) atoms. The molecule has 10 heteroatoms. The van der Waals surface area contributed by atoms with Gasteiger partial charge in [0.1, 0.15) is 11.5 Å². The van der Waals surface area contributed by atoms with Crippen LogP contribution < -0.4 is 30.9 Å². The molecule has 4 aliphatic rings. The lowest BCUT2D eigenvalue weighted by Gasteiger charge is -2.45. The number of thioether (sulfide) groups is 1.